The molecule has 122 valence electrons. The maximum atomic E-state index is 4.29. The topological polar surface area (TPSA) is 55.6 Å². The van der Waals surface area contributed by atoms with Gasteiger partial charge in [-0.25, -0.2) is 0 Å². The smallest absolute Gasteiger partial charge is 0.176 e. The summed E-state index contributed by atoms with van der Waals surface area (Å²) >= 11 is 0. The molecule has 5 heteroatoms. The van der Waals surface area contributed by atoms with Crippen molar-refractivity contribution < 1.29 is 0 Å². The van der Waals surface area contributed by atoms with Gasteiger partial charge in [-0.2, -0.15) is 4.80 Å². The van der Waals surface area contributed by atoms with Gasteiger partial charge in [0.1, 0.15) is 0 Å². The molecule has 1 N–H and O–H groups in total. The van der Waals surface area contributed by atoms with Crippen LogP contribution in [0, 0.1) is 0 Å². The highest BCUT2D eigenvalue weighted by atomic mass is 15.6. The fraction of sp³-hybridized carbons (Fsp3) is 0.938. The summed E-state index contributed by atoms with van der Waals surface area (Å²) < 4.78 is 0. The monoisotopic (exact) mass is 295 g/mol. The minimum absolute atomic E-state index is 0.491. The van der Waals surface area contributed by atoms with Crippen molar-refractivity contribution in [2.24, 2.45) is 7.05 Å². The Kier molecular flexibility index (Phi) is 10.0. The summed E-state index contributed by atoms with van der Waals surface area (Å²) in [6.45, 7) is 5.55. The summed E-state index contributed by atoms with van der Waals surface area (Å²) in [5.74, 6) is 0.856. The van der Waals surface area contributed by atoms with E-state index in [0.717, 1.165) is 18.8 Å². The lowest BCUT2D eigenvalue weighted by Gasteiger charge is -2.16. The lowest BCUT2D eigenvalue weighted by Crippen LogP contribution is -2.32. The number of unbranched alkanes of at least 4 members (excludes halogenated alkanes) is 6. The van der Waals surface area contributed by atoms with Crippen LogP contribution >= 0.6 is 0 Å². The number of hydrogen-bond donors (Lipinski definition) is 1. The minimum Gasteiger partial charge on any atom is -0.314 e. The Hall–Kier alpha value is -0.970. The molecule has 1 aromatic rings. The van der Waals surface area contributed by atoms with E-state index in [1.165, 1.54) is 57.8 Å². The third kappa shape index (κ3) is 8.81. The molecule has 1 aromatic heterocycles. The van der Waals surface area contributed by atoms with Gasteiger partial charge in [-0.15, -0.1) is 10.2 Å². The van der Waals surface area contributed by atoms with Crippen LogP contribution in [-0.4, -0.2) is 32.8 Å². The molecule has 5 nitrogen and oxygen atoms in total. The fourth-order valence-corrected chi connectivity index (χ4v) is 2.60. The average Bonchev–Trinajstić information content (AvgIpc) is 2.88. The minimum atomic E-state index is 0.491. The van der Waals surface area contributed by atoms with E-state index >= 15 is 0 Å². The van der Waals surface area contributed by atoms with Crippen molar-refractivity contribution in [2.45, 2.75) is 84.1 Å². The molecule has 0 aliphatic heterocycles. The van der Waals surface area contributed by atoms with Gasteiger partial charge in [-0.05, 0) is 24.6 Å². The van der Waals surface area contributed by atoms with Gasteiger partial charge in [0.2, 0.25) is 0 Å². The van der Waals surface area contributed by atoms with Crippen molar-refractivity contribution >= 4 is 0 Å². The van der Waals surface area contributed by atoms with Gasteiger partial charge in [-0.3, -0.25) is 0 Å². The molecule has 0 spiro atoms. The standard InChI is InChI=1S/C16H33N5/c1-4-6-7-8-9-10-11-12-15(17-13-5-2)14-16-18-20-21(3)19-16/h15,17H,4-14H2,1-3H3. The summed E-state index contributed by atoms with van der Waals surface area (Å²) in [7, 11) is 1.82. The van der Waals surface area contributed by atoms with E-state index in [9.17, 15) is 0 Å². The van der Waals surface area contributed by atoms with E-state index in [-0.39, 0.29) is 0 Å². The Labute approximate surface area is 129 Å². The van der Waals surface area contributed by atoms with Crippen LogP contribution in [0.2, 0.25) is 0 Å². The number of aryl methyl sites for hydroxylation is 1. The first kappa shape index (κ1) is 18.1. The molecule has 0 fully saturated rings. The number of nitrogens with zero attached hydrogens (tertiary/aromatic N) is 4. The zero-order valence-electron chi connectivity index (χ0n) is 14.1. The predicted octanol–water partition coefficient (Wildman–Crippen LogP) is 3.26. The molecule has 1 heterocycles. The highest BCUT2D eigenvalue weighted by molar-refractivity contribution is 4.84. The number of tetrazole rings is 1. The molecule has 0 aromatic carbocycles. The Bertz CT molecular complexity index is 350. The van der Waals surface area contributed by atoms with Gasteiger partial charge >= 0.3 is 0 Å². The van der Waals surface area contributed by atoms with Gasteiger partial charge in [0.25, 0.3) is 0 Å². The van der Waals surface area contributed by atoms with Crippen LogP contribution in [0.15, 0.2) is 0 Å². The summed E-state index contributed by atoms with van der Waals surface area (Å²) in [6, 6.07) is 0.491. The number of aromatic nitrogens is 4. The maximum absolute atomic E-state index is 4.29. The first-order chi connectivity index (χ1) is 10.3. The van der Waals surface area contributed by atoms with Crippen molar-refractivity contribution in [3.05, 3.63) is 5.82 Å². The summed E-state index contributed by atoms with van der Waals surface area (Å²) in [6.07, 6.45) is 12.8. The second-order valence-corrected chi connectivity index (χ2v) is 5.96. The van der Waals surface area contributed by atoms with Crippen LogP contribution in [0.5, 0.6) is 0 Å². The molecule has 1 rings (SSSR count). The van der Waals surface area contributed by atoms with Gasteiger partial charge in [0.15, 0.2) is 5.82 Å². The highest BCUT2D eigenvalue weighted by Gasteiger charge is 2.12. The number of nitrogens with one attached hydrogen (secondary N) is 1. The van der Waals surface area contributed by atoms with Crippen LogP contribution < -0.4 is 5.32 Å². The van der Waals surface area contributed by atoms with Crippen molar-refractivity contribution in [2.75, 3.05) is 6.54 Å². The highest BCUT2D eigenvalue weighted by Crippen LogP contribution is 2.11. The van der Waals surface area contributed by atoms with Crippen LogP contribution in [-0.2, 0) is 13.5 Å². The molecule has 1 atom stereocenters. The largest absolute Gasteiger partial charge is 0.314 e. The Morgan fingerprint density at radius 2 is 1.71 bits per heavy atom. The first-order valence-corrected chi connectivity index (χ1v) is 8.72. The molecule has 0 saturated carbocycles. The van der Waals surface area contributed by atoms with Crippen LogP contribution in [0.1, 0.15) is 77.5 Å². The number of hydrogen-bond acceptors (Lipinski definition) is 4. The van der Waals surface area contributed by atoms with E-state index < -0.39 is 0 Å². The predicted molar refractivity (Wildman–Crippen MR) is 87.2 cm³/mol. The Morgan fingerprint density at radius 1 is 1.00 bits per heavy atom. The van der Waals surface area contributed by atoms with Gasteiger partial charge < -0.3 is 5.32 Å². The van der Waals surface area contributed by atoms with E-state index in [0.29, 0.717) is 6.04 Å². The molecule has 0 aliphatic rings. The second kappa shape index (κ2) is 11.7. The molecule has 0 amide bonds. The maximum Gasteiger partial charge on any atom is 0.176 e. The third-order valence-electron chi connectivity index (χ3n) is 3.82. The first-order valence-electron chi connectivity index (χ1n) is 8.72. The van der Waals surface area contributed by atoms with E-state index in [2.05, 4.69) is 34.6 Å². The normalized spacial score (nSPS) is 12.7. The van der Waals surface area contributed by atoms with E-state index in [4.69, 9.17) is 0 Å². The quantitative estimate of drug-likeness (QED) is 0.568. The molecule has 0 saturated heterocycles. The van der Waals surface area contributed by atoms with Gasteiger partial charge in [0.05, 0.1) is 7.05 Å². The van der Waals surface area contributed by atoms with Gasteiger partial charge in [-0.1, -0.05) is 58.8 Å². The molecule has 0 aliphatic carbocycles. The third-order valence-corrected chi connectivity index (χ3v) is 3.82. The van der Waals surface area contributed by atoms with Crippen molar-refractivity contribution in [3.8, 4) is 0 Å². The van der Waals surface area contributed by atoms with Crippen molar-refractivity contribution in [1.82, 2.24) is 25.5 Å². The van der Waals surface area contributed by atoms with Gasteiger partial charge in [0, 0.05) is 12.5 Å². The lowest BCUT2D eigenvalue weighted by atomic mass is 10.0. The fourth-order valence-electron chi connectivity index (χ4n) is 2.60. The van der Waals surface area contributed by atoms with Crippen LogP contribution in [0.25, 0.3) is 0 Å². The van der Waals surface area contributed by atoms with Crippen molar-refractivity contribution in [1.29, 1.82) is 0 Å². The van der Waals surface area contributed by atoms with E-state index in [1.54, 1.807) is 4.80 Å². The Morgan fingerprint density at radius 3 is 2.33 bits per heavy atom. The summed E-state index contributed by atoms with van der Waals surface area (Å²) in [5.41, 5.74) is 0. The number of rotatable bonds is 13. The second-order valence-electron chi connectivity index (χ2n) is 5.96. The molecule has 1 unspecified atom stereocenters. The van der Waals surface area contributed by atoms with Crippen LogP contribution in [0.4, 0.5) is 0 Å². The van der Waals surface area contributed by atoms with E-state index in [1.807, 2.05) is 7.05 Å². The Balaban J connectivity index is 2.20. The van der Waals surface area contributed by atoms with Crippen LogP contribution in [0.3, 0.4) is 0 Å². The summed E-state index contributed by atoms with van der Waals surface area (Å²) in [5, 5.41) is 15.9. The molecular weight excluding hydrogens is 262 g/mol. The average molecular weight is 295 g/mol. The zero-order valence-corrected chi connectivity index (χ0v) is 14.1. The SMILES string of the molecule is CCCCCCCCCC(Cc1nnn(C)n1)NCCC. The zero-order chi connectivity index (χ0) is 15.3. The lowest BCUT2D eigenvalue weighted by molar-refractivity contribution is 0.442. The summed E-state index contributed by atoms with van der Waals surface area (Å²) in [4.78, 5) is 1.54. The molecular formula is C16H33N5. The van der Waals surface area contributed by atoms with Crippen molar-refractivity contribution in [3.63, 3.8) is 0 Å². The molecule has 21 heavy (non-hydrogen) atoms. The molecule has 0 radical (unpaired) electrons. The molecule has 0 bridgehead atoms.